The Bertz CT molecular complexity index is 268. The highest BCUT2D eigenvalue weighted by atomic mass is 16.4. The van der Waals surface area contributed by atoms with E-state index in [0.717, 1.165) is 0 Å². The van der Waals surface area contributed by atoms with Crippen LogP contribution < -0.4 is 0 Å². The Morgan fingerprint density at radius 3 is 3.00 bits per heavy atom. The highest BCUT2D eigenvalue weighted by Crippen LogP contribution is 1.98. The van der Waals surface area contributed by atoms with Gasteiger partial charge in [-0.3, -0.25) is 0 Å². The zero-order valence-electron chi connectivity index (χ0n) is 5.71. The van der Waals surface area contributed by atoms with Gasteiger partial charge in [0.2, 0.25) is 0 Å². The van der Waals surface area contributed by atoms with Crippen molar-refractivity contribution in [2.45, 2.75) is 6.92 Å². The minimum absolute atomic E-state index is 0.197. The second-order valence-corrected chi connectivity index (χ2v) is 1.49. The van der Waals surface area contributed by atoms with Gasteiger partial charge in [-0.1, -0.05) is 0 Å². The van der Waals surface area contributed by atoms with Gasteiger partial charge in [-0.25, -0.2) is 9.78 Å². The summed E-state index contributed by atoms with van der Waals surface area (Å²) in [5.74, 6) is -1.04. The van der Waals surface area contributed by atoms with E-state index >= 15 is 0 Å². The van der Waals surface area contributed by atoms with Crippen LogP contribution >= 0.6 is 0 Å². The lowest BCUT2D eigenvalue weighted by Crippen LogP contribution is -1.95. The number of rotatable bonds is 1. The molecule has 0 aliphatic carbocycles. The summed E-state index contributed by atoms with van der Waals surface area (Å²) in [7, 11) is 0. The highest BCUT2D eigenvalue weighted by molar-refractivity contribution is 5.84. The molecule has 4 heteroatoms. The molecule has 0 aromatic carbocycles. The van der Waals surface area contributed by atoms with Crippen molar-refractivity contribution in [2.24, 2.45) is 0 Å². The maximum atomic E-state index is 10.2. The van der Waals surface area contributed by atoms with E-state index in [1.54, 1.807) is 0 Å². The fraction of sp³-hybridized carbons (Fsp3) is 0.200. The molecule has 0 saturated carbocycles. The number of hydrogen-bond acceptors (Lipinski definition) is 3. The molecule has 0 spiro atoms. The molecule has 4 nitrogen and oxygen atoms in total. The van der Waals surface area contributed by atoms with Gasteiger partial charge in [0.1, 0.15) is 7.61 Å². The Hall–Kier alpha value is -1.32. The van der Waals surface area contributed by atoms with Crippen LogP contribution in [0.3, 0.4) is 0 Å². The minimum Gasteiger partial charge on any atom is -0.476 e. The Labute approximate surface area is 52.5 Å². The van der Waals surface area contributed by atoms with Crippen molar-refractivity contribution >= 4 is 5.97 Å². The molecule has 0 saturated heterocycles. The third kappa shape index (κ3) is 1.07. The molecule has 0 atom stereocenters. The normalized spacial score (nSPS) is 11.0. The molecular formula is C5H5NO3. The molecule has 0 aliphatic rings. The summed E-state index contributed by atoms with van der Waals surface area (Å²) >= 11 is 0. The molecule has 1 rings (SSSR count). The largest absolute Gasteiger partial charge is 0.476 e. The highest BCUT2D eigenvalue weighted by Gasteiger charge is 2.05. The van der Waals surface area contributed by atoms with Crippen LogP contribution in [0.5, 0.6) is 0 Å². The maximum Gasteiger partial charge on any atom is 0.357 e. The molecule has 9 heavy (non-hydrogen) atoms. The number of aromatic nitrogens is 1. The van der Waals surface area contributed by atoms with Crippen LogP contribution in [-0.2, 0) is 0 Å². The third-order valence-corrected chi connectivity index (χ3v) is 0.767. The molecular weight excluding hydrogens is 122 g/mol. The molecule has 48 valence electrons. The predicted molar refractivity (Wildman–Crippen MR) is 28.2 cm³/mol. The zero-order valence-corrected chi connectivity index (χ0v) is 4.71. The second-order valence-electron chi connectivity index (χ2n) is 1.49. The molecule has 0 fully saturated rings. The monoisotopic (exact) mass is 128 g/mol. The van der Waals surface area contributed by atoms with Gasteiger partial charge in [0, 0.05) is 6.92 Å². The molecule has 1 aromatic heterocycles. The van der Waals surface area contributed by atoms with E-state index in [1.165, 1.54) is 6.92 Å². The van der Waals surface area contributed by atoms with Gasteiger partial charge in [0.05, 0.1) is 0 Å². The van der Waals surface area contributed by atoms with Gasteiger partial charge < -0.3 is 9.52 Å². The third-order valence-electron chi connectivity index (χ3n) is 0.767. The van der Waals surface area contributed by atoms with Crippen molar-refractivity contribution in [3.05, 3.63) is 17.8 Å². The zero-order chi connectivity index (χ0) is 7.72. The standard InChI is InChI=1S/C5H5NO3/c1-3-6-4(2-9-3)5(7)8/h2H,1H3,(H,7,8)/i2D. The van der Waals surface area contributed by atoms with E-state index in [-0.39, 0.29) is 11.6 Å². The van der Waals surface area contributed by atoms with Crippen molar-refractivity contribution in [3.63, 3.8) is 0 Å². The van der Waals surface area contributed by atoms with Gasteiger partial charge in [0.25, 0.3) is 0 Å². The van der Waals surface area contributed by atoms with E-state index < -0.39 is 12.2 Å². The summed E-state index contributed by atoms with van der Waals surface area (Å²) in [6.45, 7) is 1.49. The number of carboxylic acid groups (broad SMARTS) is 1. The Kier molecular flexibility index (Phi) is 0.955. The number of nitrogens with zero attached hydrogens (tertiary/aromatic N) is 1. The summed E-state index contributed by atoms with van der Waals surface area (Å²) < 4.78 is 11.5. The molecule has 0 radical (unpaired) electrons. The predicted octanol–water partition coefficient (Wildman–Crippen LogP) is 0.681. The number of aryl methyl sites for hydroxylation is 1. The molecule has 0 aliphatic heterocycles. The Morgan fingerprint density at radius 2 is 2.78 bits per heavy atom. The topological polar surface area (TPSA) is 63.3 Å². The first-order valence-corrected chi connectivity index (χ1v) is 2.28. The molecule has 1 aromatic rings. The summed E-state index contributed by atoms with van der Waals surface area (Å²) in [4.78, 5) is 13.6. The van der Waals surface area contributed by atoms with Crippen LogP contribution in [0.15, 0.2) is 10.7 Å². The van der Waals surface area contributed by atoms with E-state index in [2.05, 4.69) is 9.40 Å². The van der Waals surface area contributed by atoms with Gasteiger partial charge in [-0.15, -0.1) is 0 Å². The molecule has 0 amide bonds. The molecule has 0 unspecified atom stereocenters. The molecule has 1 N–H and O–H groups in total. The van der Waals surface area contributed by atoms with Crippen LogP contribution in [0.2, 0.25) is 0 Å². The van der Waals surface area contributed by atoms with Gasteiger partial charge in [-0.05, 0) is 0 Å². The van der Waals surface area contributed by atoms with E-state index in [4.69, 9.17) is 6.48 Å². The second kappa shape index (κ2) is 1.89. The van der Waals surface area contributed by atoms with Crippen molar-refractivity contribution in [1.29, 1.82) is 0 Å². The molecule has 0 bridgehead atoms. The van der Waals surface area contributed by atoms with Gasteiger partial charge >= 0.3 is 5.97 Å². The quantitative estimate of drug-likeness (QED) is 0.604. The van der Waals surface area contributed by atoms with E-state index in [1.807, 2.05) is 0 Å². The summed E-state index contributed by atoms with van der Waals surface area (Å²) in [5.41, 5.74) is -0.336. The van der Waals surface area contributed by atoms with Crippen LogP contribution in [0.4, 0.5) is 0 Å². The van der Waals surface area contributed by atoms with Gasteiger partial charge in [-0.2, -0.15) is 0 Å². The number of oxazole rings is 1. The van der Waals surface area contributed by atoms with Crippen molar-refractivity contribution in [3.8, 4) is 0 Å². The fourth-order valence-electron chi connectivity index (χ4n) is 0.417. The first-order valence-electron chi connectivity index (χ1n) is 2.78. The first kappa shape index (κ1) is 4.55. The van der Waals surface area contributed by atoms with Crippen LogP contribution in [-0.4, -0.2) is 16.1 Å². The summed E-state index contributed by atoms with van der Waals surface area (Å²) in [6, 6.07) is 0. The van der Waals surface area contributed by atoms with Crippen LogP contribution in [0, 0.1) is 6.92 Å². The van der Waals surface area contributed by atoms with Gasteiger partial charge in [0.15, 0.2) is 11.6 Å². The molecule has 1 heterocycles. The lowest BCUT2D eigenvalue weighted by atomic mass is 10.5. The number of aromatic carboxylic acids is 1. The maximum absolute atomic E-state index is 10.2. The lowest BCUT2D eigenvalue weighted by molar-refractivity contribution is 0.0690. The average Bonchev–Trinajstić information content (AvgIpc) is 2.10. The van der Waals surface area contributed by atoms with Crippen LogP contribution in [0.25, 0.3) is 0 Å². The number of carbonyl (C=O) groups is 1. The van der Waals surface area contributed by atoms with E-state index in [9.17, 15) is 4.79 Å². The van der Waals surface area contributed by atoms with Crippen molar-refractivity contribution in [2.75, 3.05) is 0 Å². The first-order chi connectivity index (χ1) is 4.61. The Balaban J connectivity index is 3.15. The fourth-order valence-corrected chi connectivity index (χ4v) is 0.417. The summed E-state index contributed by atoms with van der Waals surface area (Å²) in [6.07, 6.45) is -0.398. The van der Waals surface area contributed by atoms with Crippen molar-refractivity contribution < 1.29 is 15.7 Å². The number of carboxylic acids is 1. The minimum atomic E-state index is -1.23. The Morgan fingerprint density at radius 1 is 2.11 bits per heavy atom. The van der Waals surface area contributed by atoms with E-state index in [0.29, 0.717) is 0 Å². The number of hydrogen-bond donors (Lipinski definition) is 1. The smallest absolute Gasteiger partial charge is 0.357 e. The summed E-state index contributed by atoms with van der Waals surface area (Å²) in [5, 5.41) is 8.34. The van der Waals surface area contributed by atoms with Crippen LogP contribution in [0.1, 0.15) is 17.7 Å². The SMILES string of the molecule is [2H]c1oc(C)nc1C(=O)O. The van der Waals surface area contributed by atoms with Crippen molar-refractivity contribution in [1.82, 2.24) is 4.98 Å². The average molecular weight is 128 g/mol. The lowest BCUT2D eigenvalue weighted by Gasteiger charge is -1.76.